The van der Waals surface area contributed by atoms with Crippen LogP contribution in [0.5, 0.6) is 0 Å². The molecule has 0 aromatic heterocycles. The van der Waals surface area contributed by atoms with Gasteiger partial charge in [-0.25, -0.2) is 0 Å². The van der Waals surface area contributed by atoms with E-state index in [1.165, 1.54) is 11.8 Å². The number of amides is 3. The third-order valence-electron chi connectivity index (χ3n) is 5.58. The number of rotatable bonds is 9. The molecule has 0 aliphatic heterocycles. The van der Waals surface area contributed by atoms with Crippen molar-refractivity contribution in [3.8, 4) is 0 Å². The molecule has 4 aromatic rings. The molecule has 40 heavy (non-hydrogen) atoms. The number of carbonyl (C=O) groups excluding carboxylic acids is 3. The van der Waals surface area contributed by atoms with E-state index in [9.17, 15) is 14.4 Å². The van der Waals surface area contributed by atoms with Gasteiger partial charge in [0.25, 0.3) is 11.8 Å². The lowest BCUT2D eigenvalue weighted by molar-refractivity contribution is -0.114. The lowest BCUT2D eigenvalue weighted by Crippen LogP contribution is -2.30. The molecule has 0 aliphatic rings. The second kappa shape index (κ2) is 13.8. The SMILES string of the molecule is Cc1ccc(/C=C(/NC(=O)c2ccccc2)C(=O)Nc2cccc(SCC(=O)Nc3cc(Cl)ccc3Cl)c2)cc1. The van der Waals surface area contributed by atoms with E-state index in [1.807, 2.05) is 43.3 Å². The summed E-state index contributed by atoms with van der Waals surface area (Å²) in [6.45, 7) is 1.97. The molecular formula is C31H25Cl2N3O3S. The number of anilines is 2. The Morgan fingerprint density at radius 3 is 2.33 bits per heavy atom. The Morgan fingerprint density at radius 1 is 0.825 bits per heavy atom. The zero-order chi connectivity index (χ0) is 28.5. The molecule has 0 unspecified atom stereocenters. The maximum atomic E-state index is 13.3. The number of halogens is 2. The van der Waals surface area contributed by atoms with Crippen molar-refractivity contribution in [1.29, 1.82) is 0 Å². The Balaban J connectivity index is 1.45. The van der Waals surface area contributed by atoms with Crippen LogP contribution in [0.25, 0.3) is 6.08 Å². The number of aryl methyl sites for hydroxylation is 1. The second-order valence-corrected chi connectivity index (χ2v) is 10.6. The Bertz CT molecular complexity index is 1560. The van der Waals surface area contributed by atoms with Gasteiger partial charge in [0.15, 0.2) is 0 Å². The van der Waals surface area contributed by atoms with Crippen LogP contribution < -0.4 is 16.0 Å². The number of hydrogen-bond acceptors (Lipinski definition) is 4. The first-order valence-corrected chi connectivity index (χ1v) is 13.9. The first kappa shape index (κ1) is 29.0. The first-order valence-electron chi connectivity index (χ1n) is 12.2. The summed E-state index contributed by atoms with van der Waals surface area (Å²) in [5.41, 5.74) is 3.31. The fourth-order valence-electron chi connectivity index (χ4n) is 3.56. The van der Waals surface area contributed by atoms with Gasteiger partial charge in [-0.15, -0.1) is 11.8 Å². The van der Waals surface area contributed by atoms with Crippen LogP contribution in [0.15, 0.2) is 108 Å². The molecule has 0 spiro atoms. The maximum Gasteiger partial charge on any atom is 0.272 e. The fraction of sp³-hybridized carbons (Fsp3) is 0.0645. The van der Waals surface area contributed by atoms with Crippen LogP contribution >= 0.6 is 35.0 Å². The number of hydrogen-bond donors (Lipinski definition) is 3. The predicted molar refractivity (Wildman–Crippen MR) is 164 cm³/mol. The zero-order valence-electron chi connectivity index (χ0n) is 21.4. The van der Waals surface area contributed by atoms with Gasteiger partial charge in [-0.2, -0.15) is 0 Å². The molecule has 6 nitrogen and oxygen atoms in total. The van der Waals surface area contributed by atoms with Crippen LogP contribution in [0.2, 0.25) is 10.0 Å². The molecule has 9 heteroatoms. The van der Waals surface area contributed by atoms with Gasteiger partial charge in [0.2, 0.25) is 5.91 Å². The summed E-state index contributed by atoms with van der Waals surface area (Å²) >= 11 is 13.4. The van der Waals surface area contributed by atoms with E-state index in [0.717, 1.165) is 16.0 Å². The highest BCUT2D eigenvalue weighted by atomic mass is 35.5. The van der Waals surface area contributed by atoms with E-state index in [2.05, 4.69) is 16.0 Å². The summed E-state index contributed by atoms with van der Waals surface area (Å²) in [5, 5.41) is 9.18. The molecule has 0 bridgehead atoms. The van der Waals surface area contributed by atoms with Crippen molar-refractivity contribution in [3.63, 3.8) is 0 Å². The Morgan fingerprint density at radius 2 is 1.57 bits per heavy atom. The average Bonchev–Trinajstić information content (AvgIpc) is 2.95. The van der Waals surface area contributed by atoms with Crippen molar-refractivity contribution in [2.24, 2.45) is 0 Å². The number of carbonyl (C=O) groups is 3. The van der Waals surface area contributed by atoms with Crippen LogP contribution in [0.3, 0.4) is 0 Å². The third kappa shape index (κ3) is 8.48. The summed E-state index contributed by atoms with van der Waals surface area (Å²) in [5.74, 6) is -1.02. The van der Waals surface area contributed by atoms with Gasteiger partial charge >= 0.3 is 0 Å². The lowest BCUT2D eigenvalue weighted by Gasteiger charge is -2.12. The van der Waals surface area contributed by atoms with Gasteiger partial charge in [-0.05, 0) is 67.1 Å². The molecule has 3 N–H and O–H groups in total. The summed E-state index contributed by atoms with van der Waals surface area (Å²) in [4.78, 5) is 39.4. The molecule has 0 saturated carbocycles. The van der Waals surface area contributed by atoms with Gasteiger partial charge in [-0.1, -0.05) is 77.3 Å². The van der Waals surface area contributed by atoms with E-state index < -0.39 is 11.8 Å². The molecule has 4 aromatic carbocycles. The van der Waals surface area contributed by atoms with E-state index in [-0.39, 0.29) is 17.4 Å². The van der Waals surface area contributed by atoms with Crippen LogP contribution in [-0.4, -0.2) is 23.5 Å². The molecular weight excluding hydrogens is 565 g/mol. The van der Waals surface area contributed by atoms with Crippen molar-refractivity contribution in [2.75, 3.05) is 16.4 Å². The van der Waals surface area contributed by atoms with Crippen molar-refractivity contribution < 1.29 is 14.4 Å². The molecule has 3 amide bonds. The fourth-order valence-corrected chi connectivity index (χ4v) is 4.65. The van der Waals surface area contributed by atoms with Gasteiger partial charge in [0.1, 0.15) is 5.70 Å². The van der Waals surface area contributed by atoms with Crippen LogP contribution in [0.4, 0.5) is 11.4 Å². The number of thioether (sulfide) groups is 1. The Hall–Kier alpha value is -4.04. The second-order valence-electron chi connectivity index (χ2n) is 8.73. The molecule has 0 fully saturated rings. The van der Waals surface area contributed by atoms with Gasteiger partial charge < -0.3 is 16.0 Å². The normalized spacial score (nSPS) is 11.0. The summed E-state index contributed by atoms with van der Waals surface area (Å²) in [6.07, 6.45) is 1.62. The molecule has 0 radical (unpaired) electrons. The smallest absolute Gasteiger partial charge is 0.272 e. The lowest BCUT2D eigenvalue weighted by atomic mass is 10.1. The molecule has 202 valence electrons. The largest absolute Gasteiger partial charge is 0.324 e. The minimum atomic E-state index is -0.486. The van der Waals surface area contributed by atoms with Crippen molar-refractivity contribution in [2.45, 2.75) is 11.8 Å². The number of nitrogens with one attached hydrogen (secondary N) is 3. The molecule has 4 rings (SSSR count). The van der Waals surface area contributed by atoms with Crippen LogP contribution in [-0.2, 0) is 9.59 Å². The van der Waals surface area contributed by atoms with E-state index in [0.29, 0.717) is 27.0 Å². The standard InChI is InChI=1S/C31H25Cl2N3O3S/c1-20-10-12-21(13-11-20)16-28(36-30(38)22-6-3-2-4-7-22)31(39)34-24-8-5-9-25(18-24)40-19-29(37)35-27-17-23(32)14-15-26(27)33/h2-18H,19H2,1H3,(H,34,39)(H,35,37)(H,36,38)/b28-16+. The van der Waals surface area contributed by atoms with Gasteiger partial charge in [0.05, 0.1) is 16.5 Å². The van der Waals surface area contributed by atoms with E-state index in [4.69, 9.17) is 23.2 Å². The zero-order valence-corrected chi connectivity index (χ0v) is 23.7. The third-order valence-corrected chi connectivity index (χ3v) is 7.14. The molecule has 0 atom stereocenters. The van der Waals surface area contributed by atoms with Gasteiger partial charge in [0, 0.05) is 21.2 Å². The Kier molecular flexibility index (Phi) is 10.0. The van der Waals surface area contributed by atoms with Crippen molar-refractivity contribution in [3.05, 3.63) is 129 Å². The van der Waals surface area contributed by atoms with Crippen molar-refractivity contribution >= 4 is 70.1 Å². The summed E-state index contributed by atoms with van der Waals surface area (Å²) < 4.78 is 0. The highest BCUT2D eigenvalue weighted by Crippen LogP contribution is 2.27. The molecule has 0 saturated heterocycles. The highest BCUT2D eigenvalue weighted by Gasteiger charge is 2.16. The Labute approximate surface area is 246 Å². The van der Waals surface area contributed by atoms with Gasteiger partial charge in [-0.3, -0.25) is 14.4 Å². The molecule has 0 aliphatic carbocycles. The summed E-state index contributed by atoms with van der Waals surface area (Å²) in [6, 6.07) is 28.2. The van der Waals surface area contributed by atoms with E-state index >= 15 is 0 Å². The topological polar surface area (TPSA) is 87.3 Å². The summed E-state index contributed by atoms with van der Waals surface area (Å²) in [7, 11) is 0. The minimum absolute atomic E-state index is 0.0912. The van der Waals surface area contributed by atoms with E-state index in [1.54, 1.807) is 66.7 Å². The predicted octanol–water partition coefficient (Wildman–Crippen LogP) is 7.44. The highest BCUT2D eigenvalue weighted by molar-refractivity contribution is 8.00. The maximum absolute atomic E-state index is 13.3. The molecule has 0 heterocycles. The first-order chi connectivity index (χ1) is 19.3. The monoisotopic (exact) mass is 589 g/mol. The van der Waals surface area contributed by atoms with Crippen LogP contribution in [0, 0.1) is 6.92 Å². The minimum Gasteiger partial charge on any atom is -0.324 e. The quantitative estimate of drug-likeness (QED) is 0.140. The average molecular weight is 591 g/mol. The van der Waals surface area contributed by atoms with Crippen LogP contribution in [0.1, 0.15) is 21.5 Å². The number of benzene rings is 4. The van der Waals surface area contributed by atoms with Crippen molar-refractivity contribution in [1.82, 2.24) is 5.32 Å².